The number of fused-ring (bicyclic) bond motifs is 3. The number of carbonyl (C=O) groups is 2. The van der Waals surface area contributed by atoms with Gasteiger partial charge in [0.1, 0.15) is 18.4 Å². The molecule has 15 heteroatoms. The van der Waals surface area contributed by atoms with Gasteiger partial charge in [-0.1, -0.05) is 18.2 Å². The number of hydrogen-bond acceptors (Lipinski definition) is 13. The Balaban J connectivity index is 0.754. The predicted molar refractivity (Wildman–Crippen MR) is 221 cm³/mol. The molecule has 2 aromatic heterocycles. The van der Waals surface area contributed by atoms with Crippen LogP contribution in [0.25, 0.3) is 11.3 Å². The zero-order valence-electron chi connectivity index (χ0n) is 33.2. The maximum Gasteiger partial charge on any atom is 0.249 e. The van der Waals surface area contributed by atoms with Crippen molar-refractivity contribution in [3.05, 3.63) is 71.8 Å². The molecule has 59 heavy (non-hydrogen) atoms. The molecule has 0 unspecified atom stereocenters. The molecule has 4 N–H and O–H groups in total. The number of nitrogens with two attached hydrogens (primary N) is 1. The van der Waals surface area contributed by atoms with Gasteiger partial charge < -0.3 is 35.2 Å². The Morgan fingerprint density at radius 2 is 1.59 bits per heavy atom. The first-order chi connectivity index (χ1) is 28.8. The van der Waals surface area contributed by atoms with Crippen molar-refractivity contribution in [1.82, 2.24) is 30.4 Å². The monoisotopic (exact) mass is 802 g/mol. The number of piperidine rings is 2. The van der Waals surface area contributed by atoms with E-state index in [-0.39, 0.29) is 35.5 Å². The Labute approximate surface area is 342 Å². The van der Waals surface area contributed by atoms with Crippen molar-refractivity contribution in [2.24, 2.45) is 0 Å². The van der Waals surface area contributed by atoms with Gasteiger partial charge in [0.2, 0.25) is 17.8 Å². The summed E-state index contributed by atoms with van der Waals surface area (Å²) in [6.07, 6.45) is 11.5. The van der Waals surface area contributed by atoms with Crippen LogP contribution in [0.2, 0.25) is 0 Å². The van der Waals surface area contributed by atoms with Crippen LogP contribution in [0.5, 0.6) is 11.5 Å². The lowest BCUT2D eigenvalue weighted by Gasteiger charge is -2.43. The number of aromatic nitrogens is 4. The highest BCUT2D eigenvalue weighted by Gasteiger charge is 2.43. The summed E-state index contributed by atoms with van der Waals surface area (Å²) in [6, 6.07) is 15.3. The molecule has 6 aliphatic rings. The third-order valence-electron chi connectivity index (χ3n) is 13.9. The highest BCUT2D eigenvalue weighted by Crippen LogP contribution is 2.46. The number of phenolic OH excluding ortho intramolecular Hbond substituents is 1. The third kappa shape index (κ3) is 7.06. The number of rotatable bonds is 7. The lowest BCUT2D eigenvalue weighted by atomic mass is 9.79. The molecule has 2 bridgehead atoms. The first-order valence-corrected chi connectivity index (χ1v) is 21.4. The number of ether oxygens (including phenoxy) is 1. The Bertz CT molecular complexity index is 2230. The van der Waals surface area contributed by atoms with Gasteiger partial charge in [0.15, 0.2) is 17.4 Å². The maximum atomic E-state index is 14.1. The number of piperazine rings is 1. The number of likely N-dealkylation sites (tertiary alicyclic amines) is 1. The molecule has 5 aliphatic heterocycles. The number of nitrogens with zero attached hydrogens (tertiary/aromatic N) is 8. The van der Waals surface area contributed by atoms with E-state index in [1.165, 1.54) is 11.6 Å². The number of imide groups is 1. The SMILES string of the molecule is Nc1nnc(-c2cccc(F)c2O)cc1N1C[C@H]2CC[C@@H](C1)N2c1nccc(C2CCN(C3CCC(c4cccc5c4OCCN5[C@H]4CCC(=O)NC4=O)CC3)CC2)n1. The minimum Gasteiger partial charge on any atom is -0.504 e. The first-order valence-electron chi connectivity index (χ1n) is 21.4. The number of amides is 2. The van der Waals surface area contributed by atoms with Gasteiger partial charge in [-0.25, -0.2) is 14.4 Å². The number of aromatic hydroxyl groups is 1. The van der Waals surface area contributed by atoms with Crippen molar-refractivity contribution < 1.29 is 23.8 Å². The molecule has 1 saturated carbocycles. The number of anilines is 4. The van der Waals surface area contributed by atoms with E-state index in [1.807, 2.05) is 6.20 Å². The summed E-state index contributed by atoms with van der Waals surface area (Å²) in [7, 11) is 0. The highest BCUT2D eigenvalue weighted by atomic mass is 19.1. The average molecular weight is 803 g/mol. The van der Waals surface area contributed by atoms with Crippen LogP contribution in [0.3, 0.4) is 0 Å². The smallest absolute Gasteiger partial charge is 0.249 e. The molecule has 0 spiro atoms. The van der Waals surface area contributed by atoms with Crippen LogP contribution in [-0.2, 0) is 9.59 Å². The molecule has 3 atom stereocenters. The van der Waals surface area contributed by atoms with E-state index in [9.17, 15) is 19.1 Å². The molecule has 4 saturated heterocycles. The van der Waals surface area contributed by atoms with Gasteiger partial charge in [-0.3, -0.25) is 14.9 Å². The summed E-state index contributed by atoms with van der Waals surface area (Å²) in [5.74, 6) is 1.28. The molecule has 2 amide bonds. The molecule has 0 radical (unpaired) electrons. The van der Waals surface area contributed by atoms with Crippen molar-refractivity contribution in [2.75, 3.05) is 59.8 Å². The van der Waals surface area contributed by atoms with Crippen LogP contribution < -0.4 is 30.5 Å². The van der Waals surface area contributed by atoms with E-state index in [0.717, 1.165) is 106 Å². The summed E-state index contributed by atoms with van der Waals surface area (Å²) >= 11 is 0. The molecule has 2 aromatic carbocycles. The van der Waals surface area contributed by atoms with Gasteiger partial charge in [0.25, 0.3) is 0 Å². The number of hydrogen-bond donors (Lipinski definition) is 3. The number of carbonyl (C=O) groups excluding carboxylic acids is 2. The largest absolute Gasteiger partial charge is 0.504 e. The maximum absolute atomic E-state index is 14.1. The van der Waals surface area contributed by atoms with Crippen molar-refractivity contribution >= 4 is 35.0 Å². The van der Waals surface area contributed by atoms with Gasteiger partial charge >= 0.3 is 0 Å². The number of benzene rings is 2. The molecule has 1 aliphatic carbocycles. The van der Waals surface area contributed by atoms with E-state index in [0.29, 0.717) is 55.4 Å². The van der Waals surface area contributed by atoms with E-state index in [4.69, 9.17) is 20.4 Å². The highest BCUT2D eigenvalue weighted by molar-refractivity contribution is 6.02. The summed E-state index contributed by atoms with van der Waals surface area (Å²) in [6.45, 7) is 4.73. The van der Waals surface area contributed by atoms with Gasteiger partial charge in [-0.05, 0) is 113 Å². The Kier molecular flexibility index (Phi) is 9.93. The number of para-hydroxylation sites is 2. The second-order valence-corrected chi connectivity index (χ2v) is 17.1. The second-order valence-electron chi connectivity index (χ2n) is 17.1. The van der Waals surface area contributed by atoms with E-state index >= 15 is 0 Å². The van der Waals surface area contributed by atoms with E-state index in [2.05, 4.69) is 59.4 Å². The fourth-order valence-electron chi connectivity index (χ4n) is 10.9. The zero-order valence-corrected chi connectivity index (χ0v) is 33.2. The number of phenols is 1. The van der Waals surface area contributed by atoms with E-state index < -0.39 is 11.6 Å². The number of halogens is 1. The summed E-state index contributed by atoms with van der Waals surface area (Å²) in [5, 5.41) is 21.2. The van der Waals surface area contributed by atoms with Crippen LogP contribution in [-0.4, -0.2) is 105 Å². The lowest BCUT2D eigenvalue weighted by Crippen LogP contribution is -2.54. The summed E-state index contributed by atoms with van der Waals surface area (Å²) in [4.78, 5) is 44.1. The predicted octanol–water partition coefficient (Wildman–Crippen LogP) is 5.13. The lowest BCUT2D eigenvalue weighted by molar-refractivity contribution is -0.134. The Hall–Kier alpha value is -5.57. The van der Waals surface area contributed by atoms with Crippen molar-refractivity contribution in [1.29, 1.82) is 0 Å². The summed E-state index contributed by atoms with van der Waals surface area (Å²) < 4.78 is 20.5. The molecule has 14 nitrogen and oxygen atoms in total. The fraction of sp³-hybridized carbons (Fsp3) is 0.500. The fourth-order valence-corrected chi connectivity index (χ4v) is 10.9. The molecule has 10 rings (SSSR count). The van der Waals surface area contributed by atoms with Crippen LogP contribution in [0.4, 0.5) is 27.5 Å². The zero-order chi connectivity index (χ0) is 40.2. The van der Waals surface area contributed by atoms with Crippen molar-refractivity contribution in [3.8, 4) is 22.8 Å². The minimum atomic E-state index is -0.706. The molecule has 5 fully saturated rings. The Morgan fingerprint density at radius 1 is 0.831 bits per heavy atom. The Morgan fingerprint density at radius 3 is 2.37 bits per heavy atom. The first kappa shape index (κ1) is 37.7. The summed E-state index contributed by atoms with van der Waals surface area (Å²) in [5.41, 5.74) is 11.1. The number of nitrogen functional groups attached to an aromatic ring is 1. The van der Waals surface area contributed by atoms with Crippen LogP contribution in [0.1, 0.15) is 87.3 Å². The van der Waals surface area contributed by atoms with Gasteiger partial charge in [0.05, 0.1) is 23.6 Å². The third-order valence-corrected chi connectivity index (χ3v) is 13.9. The number of nitrogens with one attached hydrogen (secondary N) is 1. The van der Waals surface area contributed by atoms with Crippen molar-refractivity contribution in [2.45, 2.75) is 100 Å². The van der Waals surface area contributed by atoms with Crippen LogP contribution in [0, 0.1) is 5.82 Å². The molecule has 7 heterocycles. The molecular formula is C44H51FN10O4. The van der Waals surface area contributed by atoms with E-state index in [1.54, 1.807) is 18.2 Å². The topological polar surface area (TPSA) is 166 Å². The minimum absolute atomic E-state index is 0.192. The van der Waals surface area contributed by atoms with Gasteiger partial charge in [-0.2, -0.15) is 0 Å². The van der Waals surface area contributed by atoms with Crippen LogP contribution in [0.15, 0.2) is 54.7 Å². The average Bonchev–Trinajstić information content (AvgIpc) is 3.53. The quantitative estimate of drug-likeness (QED) is 0.211. The second kappa shape index (κ2) is 15.6. The molecule has 4 aromatic rings. The molecular weight excluding hydrogens is 752 g/mol. The van der Waals surface area contributed by atoms with Crippen molar-refractivity contribution in [3.63, 3.8) is 0 Å². The van der Waals surface area contributed by atoms with Gasteiger partial charge in [-0.15, -0.1) is 10.2 Å². The van der Waals surface area contributed by atoms with Crippen LogP contribution >= 0.6 is 0 Å². The van der Waals surface area contributed by atoms with Gasteiger partial charge in [0, 0.05) is 61.0 Å². The normalized spacial score (nSPS) is 26.4. The standard InChI is InChI=1S/C44H51FN10O4/c45-33-5-1-4-32(40(33)57)35-23-38(42(46)51-50-35)53-24-29-11-12-30(25-53)55(29)44-47-18-15-34(48-44)27-16-19-52(20-17-27)28-9-7-26(8-10-28)31-3-2-6-36-41(31)59-22-21-54(36)37-13-14-39(56)49-43(37)58/h1-6,15,18,23,26-30,37,57H,7-14,16-17,19-22,24-25H2,(H2,46,51)(H,49,56,58)/t26?,28?,29-,30+,37-/m0/s1. The molecule has 308 valence electrons.